The summed E-state index contributed by atoms with van der Waals surface area (Å²) in [6.45, 7) is 5.06. The predicted octanol–water partition coefficient (Wildman–Crippen LogP) is 1.85. The number of imide groups is 2. The van der Waals surface area contributed by atoms with Crippen LogP contribution in [0.1, 0.15) is 23.7 Å². The van der Waals surface area contributed by atoms with Gasteiger partial charge in [0.05, 0.1) is 5.52 Å². The normalized spacial score (nSPS) is 17.9. The Balaban J connectivity index is 1.41. The van der Waals surface area contributed by atoms with Gasteiger partial charge in [0.25, 0.3) is 11.8 Å². The van der Waals surface area contributed by atoms with Gasteiger partial charge in [0.1, 0.15) is 12.4 Å². The minimum Gasteiger partial charge on any atom is -0.489 e. The lowest BCUT2D eigenvalue weighted by molar-refractivity contribution is -0.151. The molecule has 3 aromatic rings. The Labute approximate surface area is 213 Å². The van der Waals surface area contributed by atoms with E-state index in [-0.39, 0.29) is 5.91 Å². The minimum atomic E-state index is -1.74. The third-order valence-electron chi connectivity index (χ3n) is 6.91. The summed E-state index contributed by atoms with van der Waals surface area (Å²) in [4.78, 5) is 58.1. The molecule has 1 aromatic heterocycles. The molecule has 2 N–H and O–H groups in total. The van der Waals surface area contributed by atoms with E-state index in [1.807, 2.05) is 37.3 Å². The summed E-state index contributed by atoms with van der Waals surface area (Å²) in [5, 5.41) is 5.50. The standard InChI is InChI=1S/C27H27N5O5/c1-17-15-19(22-5-3-4-6-23(22)28-17)16-37-21-9-7-20(8-10-21)27(24(34)29-26(36)30-25(27)35)32-13-11-31(12-14-32)18(2)33/h3-10,15H,11-14,16H2,1-2H3,(H2,29,30,34,35,36). The van der Waals surface area contributed by atoms with Crippen LogP contribution >= 0.6 is 0 Å². The molecular weight excluding hydrogens is 474 g/mol. The van der Waals surface area contributed by atoms with Crippen LogP contribution in [-0.2, 0) is 26.5 Å². The number of hydrogen-bond acceptors (Lipinski definition) is 7. The summed E-state index contributed by atoms with van der Waals surface area (Å²) in [6.07, 6.45) is 0. The largest absolute Gasteiger partial charge is 0.489 e. The molecule has 0 unspecified atom stereocenters. The molecule has 0 radical (unpaired) electrons. The van der Waals surface area contributed by atoms with E-state index in [2.05, 4.69) is 15.6 Å². The molecule has 10 nitrogen and oxygen atoms in total. The number of carbonyl (C=O) groups excluding carboxylic acids is 4. The average Bonchev–Trinajstić information content (AvgIpc) is 2.88. The van der Waals surface area contributed by atoms with Crippen molar-refractivity contribution in [3.05, 3.63) is 71.4 Å². The second-order valence-electron chi connectivity index (χ2n) is 9.19. The van der Waals surface area contributed by atoms with Gasteiger partial charge < -0.3 is 9.64 Å². The predicted molar refractivity (Wildman–Crippen MR) is 134 cm³/mol. The Kier molecular flexibility index (Phi) is 6.34. The van der Waals surface area contributed by atoms with Crippen LogP contribution in [0.5, 0.6) is 5.75 Å². The Morgan fingerprint density at radius 2 is 1.62 bits per heavy atom. The summed E-state index contributed by atoms with van der Waals surface area (Å²) in [5.41, 5.74) is 1.45. The van der Waals surface area contributed by atoms with Crippen LogP contribution in [0.25, 0.3) is 10.9 Å². The first kappa shape index (κ1) is 24.4. The van der Waals surface area contributed by atoms with Crippen molar-refractivity contribution in [2.75, 3.05) is 26.2 Å². The van der Waals surface area contributed by atoms with E-state index in [1.165, 1.54) is 6.92 Å². The van der Waals surface area contributed by atoms with Crippen LogP contribution in [0, 0.1) is 6.92 Å². The number of ether oxygens (including phenoxy) is 1. The second-order valence-corrected chi connectivity index (χ2v) is 9.19. The molecule has 5 rings (SSSR count). The van der Waals surface area contributed by atoms with Crippen LogP contribution in [0.3, 0.4) is 0 Å². The van der Waals surface area contributed by atoms with Gasteiger partial charge in [-0.25, -0.2) is 4.79 Å². The molecule has 0 spiro atoms. The van der Waals surface area contributed by atoms with Gasteiger partial charge in [0.15, 0.2) is 0 Å². The van der Waals surface area contributed by atoms with Crippen molar-refractivity contribution < 1.29 is 23.9 Å². The molecule has 0 saturated carbocycles. The summed E-state index contributed by atoms with van der Waals surface area (Å²) in [5.74, 6) is -0.943. The summed E-state index contributed by atoms with van der Waals surface area (Å²) >= 11 is 0. The number of urea groups is 1. The number of fused-ring (bicyclic) bond motifs is 1. The molecule has 190 valence electrons. The lowest BCUT2D eigenvalue weighted by Gasteiger charge is -2.46. The number of aryl methyl sites for hydroxylation is 1. The Morgan fingerprint density at radius 3 is 2.27 bits per heavy atom. The van der Waals surface area contributed by atoms with Gasteiger partial charge in [-0.2, -0.15) is 0 Å². The number of pyridine rings is 1. The number of nitrogens with one attached hydrogen (secondary N) is 2. The fraction of sp³-hybridized carbons (Fsp3) is 0.296. The van der Waals surface area contributed by atoms with Crippen LogP contribution in [-0.4, -0.2) is 64.7 Å². The maximum Gasteiger partial charge on any atom is 0.328 e. The number of carbonyl (C=O) groups is 4. The number of piperazine rings is 1. The maximum absolute atomic E-state index is 13.3. The molecule has 0 bridgehead atoms. The Hall–Kier alpha value is -4.31. The van der Waals surface area contributed by atoms with Crippen molar-refractivity contribution in [2.45, 2.75) is 26.0 Å². The highest BCUT2D eigenvalue weighted by Crippen LogP contribution is 2.34. The van der Waals surface area contributed by atoms with Crippen LogP contribution in [0.2, 0.25) is 0 Å². The number of rotatable bonds is 5. The van der Waals surface area contributed by atoms with Crippen LogP contribution < -0.4 is 15.4 Å². The van der Waals surface area contributed by atoms with Gasteiger partial charge in [-0.05, 0) is 36.8 Å². The van der Waals surface area contributed by atoms with Crippen molar-refractivity contribution >= 4 is 34.7 Å². The van der Waals surface area contributed by atoms with Gasteiger partial charge in [0.2, 0.25) is 11.4 Å². The number of barbiturate groups is 1. The zero-order valence-corrected chi connectivity index (χ0v) is 20.6. The van der Waals surface area contributed by atoms with Crippen molar-refractivity contribution in [2.24, 2.45) is 0 Å². The first-order valence-electron chi connectivity index (χ1n) is 12.0. The molecule has 2 saturated heterocycles. The van der Waals surface area contributed by atoms with Crippen molar-refractivity contribution in [3.63, 3.8) is 0 Å². The van der Waals surface area contributed by atoms with E-state index >= 15 is 0 Å². The van der Waals surface area contributed by atoms with E-state index < -0.39 is 23.4 Å². The van der Waals surface area contributed by atoms with Crippen molar-refractivity contribution in [1.82, 2.24) is 25.4 Å². The molecule has 37 heavy (non-hydrogen) atoms. The average molecular weight is 502 g/mol. The first-order valence-corrected chi connectivity index (χ1v) is 12.0. The summed E-state index contributed by atoms with van der Waals surface area (Å²) < 4.78 is 6.05. The zero-order chi connectivity index (χ0) is 26.2. The van der Waals surface area contributed by atoms with Gasteiger partial charge in [-0.3, -0.25) is 34.9 Å². The molecule has 2 aliphatic heterocycles. The van der Waals surface area contributed by atoms with Gasteiger partial charge in [-0.1, -0.05) is 30.3 Å². The SMILES string of the molecule is CC(=O)N1CCN(C2(c3ccc(OCc4cc(C)nc5ccccc45)cc3)C(=O)NC(=O)NC2=O)CC1. The highest BCUT2D eigenvalue weighted by molar-refractivity contribution is 6.22. The first-order chi connectivity index (χ1) is 17.8. The number of para-hydroxylation sites is 1. The molecule has 2 aromatic carbocycles. The molecule has 3 heterocycles. The minimum absolute atomic E-state index is 0.0694. The van der Waals surface area contributed by atoms with Crippen LogP contribution in [0.4, 0.5) is 4.79 Å². The quantitative estimate of drug-likeness (QED) is 0.512. The van der Waals surface area contributed by atoms with E-state index in [0.717, 1.165) is 22.2 Å². The highest BCUT2D eigenvalue weighted by Gasteiger charge is 2.56. The van der Waals surface area contributed by atoms with Crippen molar-refractivity contribution in [1.29, 1.82) is 0 Å². The molecule has 10 heteroatoms. The van der Waals surface area contributed by atoms with Crippen molar-refractivity contribution in [3.8, 4) is 5.75 Å². The molecular formula is C27H27N5O5. The highest BCUT2D eigenvalue weighted by atomic mass is 16.5. The number of hydrogen-bond donors (Lipinski definition) is 2. The molecule has 5 amide bonds. The number of nitrogens with zero attached hydrogens (tertiary/aromatic N) is 3. The number of benzene rings is 2. The maximum atomic E-state index is 13.3. The lowest BCUT2D eigenvalue weighted by Crippen LogP contribution is -2.73. The van der Waals surface area contributed by atoms with Crippen LogP contribution in [0.15, 0.2) is 54.6 Å². The molecule has 2 fully saturated rings. The topological polar surface area (TPSA) is 121 Å². The Bertz CT molecular complexity index is 1380. The van der Waals surface area contributed by atoms with E-state index in [0.29, 0.717) is 44.1 Å². The Morgan fingerprint density at radius 1 is 0.973 bits per heavy atom. The lowest BCUT2D eigenvalue weighted by atomic mass is 9.84. The molecule has 0 aliphatic carbocycles. The van der Waals surface area contributed by atoms with E-state index in [1.54, 1.807) is 34.1 Å². The smallest absolute Gasteiger partial charge is 0.328 e. The number of amides is 5. The van der Waals surface area contributed by atoms with Gasteiger partial charge in [-0.15, -0.1) is 0 Å². The third-order valence-corrected chi connectivity index (χ3v) is 6.91. The molecule has 0 atom stereocenters. The van der Waals surface area contributed by atoms with E-state index in [9.17, 15) is 19.2 Å². The molecule has 2 aliphatic rings. The third kappa shape index (κ3) is 4.40. The summed E-state index contributed by atoms with van der Waals surface area (Å²) in [6, 6.07) is 15.7. The second kappa shape index (κ2) is 9.62. The fourth-order valence-corrected chi connectivity index (χ4v) is 5.08. The summed E-state index contributed by atoms with van der Waals surface area (Å²) in [7, 11) is 0. The van der Waals surface area contributed by atoms with Gasteiger partial charge in [0, 0.05) is 49.7 Å². The monoisotopic (exact) mass is 501 g/mol. The zero-order valence-electron chi connectivity index (χ0n) is 20.6. The van der Waals surface area contributed by atoms with E-state index in [4.69, 9.17) is 4.74 Å². The van der Waals surface area contributed by atoms with Gasteiger partial charge >= 0.3 is 6.03 Å². The number of aromatic nitrogens is 1. The fourth-order valence-electron chi connectivity index (χ4n) is 5.08.